The second kappa shape index (κ2) is 9.63. The third-order valence-electron chi connectivity index (χ3n) is 1.26. The van der Waals surface area contributed by atoms with Gasteiger partial charge in [0, 0.05) is 6.61 Å². The molecule has 11 heavy (non-hydrogen) atoms. The Morgan fingerprint density at radius 3 is 2.64 bits per heavy atom. The molecule has 0 spiro atoms. The maximum atomic E-state index is 5.25. The number of nitrogens with zero attached hydrogens (tertiary/aromatic N) is 1. The van der Waals surface area contributed by atoms with Crippen LogP contribution >= 0.6 is 0 Å². The van der Waals surface area contributed by atoms with Crippen LogP contribution in [0.25, 0.3) is 0 Å². The van der Waals surface area contributed by atoms with Crippen LogP contribution in [0, 0.1) is 0 Å². The summed E-state index contributed by atoms with van der Waals surface area (Å²) in [6.45, 7) is 6.72. The van der Waals surface area contributed by atoms with E-state index in [1.54, 1.807) is 0 Å². The van der Waals surface area contributed by atoms with Gasteiger partial charge in [-0.05, 0) is 19.1 Å². The van der Waals surface area contributed by atoms with Crippen LogP contribution in [0.1, 0.15) is 33.1 Å². The molecule has 0 aromatic carbocycles. The Morgan fingerprint density at radius 2 is 2.00 bits per heavy atom. The summed E-state index contributed by atoms with van der Waals surface area (Å²) in [7, 11) is 0. The Balaban J connectivity index is 2.89. The number of aliphatic imine (C=N–C) groups is 1. The predicted octanol–water partition coefficient (Wildman–Crippen LogP) is 2.28. The Hall–Kier alpha value is -0.370. The lowest BCUT2D eigenvalue weighted by molar-refractivity contribution is 0.142. The highest BCUT2D eigenvalue weighted by atomic mass is 16.5. The van der Waals surface area contributed by atoms with Crippen molar-refractivity contribution in [1.29, 1.82) is 0 Å². The number of unbranched alkanes of at least 4 members (excludes halogenated alkanes) is 1. The summed E-state index contributed by atoms with van der Waals surface area (Å²) in [6.07, 6.45) is 5.35. The molecule has 2 nitrogen and oxygen atoms in total. The molecule has 0 amide bonds. The molecule has 0 rings (SSSR count). The lowest BCUT2D eigenvalue weighted by Crippen LogP contribution is -1.98. The summed E-state index contributed by atoms with van der Waals surface area (Å²) in [4.78, 5) is 4.18. The first-order valence-corrected chi connectivity index (χ1v) is 4.47. The van der Waals surface area contributed by atoms with Crippen molar-refractivity contribution in [2.75, 3.05) is 19.8 Å². The fourth-order valence-electron chi connectivity index (χ4n) is 0.675. The zero-order valence-electron chi connectivity index (χ0n) is 7.68. The van der Waals surface area contributed by atoms with E-state index in [0.717, 1.165) is 32.6 Å². The van der Waals surface area contributed by atoms with Crippen molar-refractivity contribution in [2.45, 2.75) is 33.1 Å². The Kier molecular flexibility index (Phi) is 9.31. The van der Waals surface area contributed by atoms with Gasteiger partial charge in [-0.3, -0.25) is 4.99 Å². The average molecular weight is 157 g/mol. The van der Waals surface area contributed by atoms with Crippen LogP contribution in [0.2, 0.25) is 0 Å². The van der Waals surface area contributed by atoms with Gasteiger partial charge in [-0.25, -0.2) is 0 Å². The van der Waals surface area contributed by atoms with Gasteiger partial charge in [-0.2, -0.15) is 0 Å². The third-order valence-corrected chi connectivity index (χ3v) is 1.26. The van der Waals surface area contributed by atoms with Gasteiger partial charge >= 0.3 is 0 Å². The van der Waals surface area contributed by atoms with Crippen LogP contribution in [0.15, 0.2) is 4.99 Å². The van der Waals surface area contributed by atoms with E-state index in [4.69, 9.17) is 4.74 Å². The molecular weight excluding hydrogens is 138 g/mol. The maximum Gasteiger partial charge on any atom is 0.0661 e. The van der Waals surface area contributed by atoms with Crippen LogP contribution in [-0.4, -0.2) is 26.0 Å². The molecule has 66 valence electrons. The van der Waals surface area contributed by atoms with Crippen LogP contribution in [0.5, 0.6) is 0 Å². The van der Waals surface area contributed by atoms with Crippen molar-refractivity contribution in [2.24, 2.45) is 4.99 Å². The minimum Gasteiger partial charge on any atom is -0.380 e. The van der Waals surface area contributed by atoms with Crippen molar-refractivity contribution in [3.63, 3.8) is 0 Å². The molecule has 0 heterocycles. The molecule has 2 heteroatoms. The molecule has 0 saturated heterocycles. The molecule has 0 aromatic rings. The molecular formula is C9H19NO. The fourth-order valence-corrected chi connectivity index (χ4v) is 0.675. The zero-order valence-corrected chi connectivity index (χ0v) is 7.68. The zero-order chi connectivity index (χ0) is 8.36. The molecule has 0 aliphatic heterocycles. The van der Waals surface area contributed by atoms with Crippen LogP contribution in [0.4, 0.5) is 0 Å². The maximum absolute atomic E-state index is 5.25. The van der Waals surface area contributed by atoms with Crippen molar-refractivity contribution >= 4 is 6.21 Å². The van der Waals surface area contributed by atoms with Gasteiger partial charge < -0.3 is 4.74 Å². The molecule has 0 bridgehead atoms. The first-order valence-electron chi connectivity index (χ1n) is 4.47. The average Bonchev–Trinajstić information content (AvgIpc) is 2.03. The molecule has 0 fully saturated rings. The summed E-state index contributed by atoms with van der Waals surface area (Å²) in [6, 6.07) is 0. The summed E-state index contributed by atoms with van der Waals surface area (Å²) in [5.41, 5.74) is 0. The standard InChI is InChI=1S/C9H19NO/c1-3-5-6-10-7-9-11-8-4-2/h6H,3-5,7-9H2,1-2H3. The van der Waals surface area contributed by atoms with E-state index in [-0.39, 0.29) is 0 Å². The third kappa shape index (κ3) is 9.63. The summed E-state index contributed by atoms with van der Waals surface area (Å²) >= 11 is 0. The molecule has 0 N–H and O–H groups in total. The van der Waals surface area contributed by atoms with Crippen molar-refractivity contribution < 1.29 is 4.74 Å². The number of rotatable bonds is 7. The Bertz CT molecular complexity index is 91.6. The predicted molar refractivity (Wildman–Crippen MR) is 49.4 cm³/mol. The van der Waals surface area contributed by atoms with Gasteiger partial charge in [0.2, 0.25) is 0 Å². The molecule has 0 radical (unpaired) electrons. The molecule has 0 atom stereocenters. The highest BCUT2D eigenvalue weighted by Gasteiger charge is 1.82. The quantitative estimate of drug-likeness (QED) is 0.410. The number of hydrogen-bond acceptors (Lipinski definition) is 2. The molecule has 0 aromatic heterocycles. The van der Waals surface area contributed by atoms with Crippen LogP contribution in [0.3, 0.4) is 0 Å². The SMILES string of the molecule is CCCC=NCCOCCC. The van der Waals surface area contributed by atoms with Crippen molar-refractivity contribution in [1.82, 2.24) is 0 Å². The van der Waals surface area contributed by atoms with Crippen molar-refractivity contribution in [3.05, 3.63) is 0 Å². The number of hydrogen-bond donors (Lipinski definition) is 0. The monoisotopic (exact) mass is 157 g/mol. The number of ether oxygens (including phenoxy) is 1. The van der Waals surface area contributed by atoms with E-state index < -0.39 is 0 Å². The van der Waals surface area contributed by atoms with Gasteiger partial charge in [-0.1, -0.05) is 20.3 Å². The highest BCUT2D eigenvalue weighted by molar-refractivity contribution is 5.56. The second-order valence-electron chi connectivity index (χ2n) is 2.49. The van der Waals surface area contributed by atoms with Gasteiger partial charge in [0.1, 0.15) is 0 Å². The smallest absolute Gasteiger partial charge is 0.0661 e. The van der Waals surface area contributed by atoms with Crippen LogP contribution in [-0.2, 0) is 4.74 Å². The van der Waals surface area contributed by atoms with E-state index in [2.05, 4.69) is 18.8 Å². The van der Waals surface area contributed by atoms with Gasteiger partial charge in [0.05, 0.1) is 13.2 Å². The largest absolute Gasteiger partial charge is 0.380 e. The Labute approximate surface area is 69.7 Å². The van der Waals surface area contributed by atoms with Gasteiger partial charge in [-0.15, -0.1) is 0 Å². The molecule has 0 unspecified atom stereocenters. The fraction of sp³-hybridized carbons (Fsp3) is 0.889. The summed E-state index contributed by atoms with van der Waals surface area (Å²) < 4.78 is 5.25. The van der Waals surface area contributed by atoms with Gasteiger partial charge in [0.25, 0.3) is 0 Å². The molecule has 0 aliphatic rings. The van der Waals surface area contributed by atoms with E-state index >= 15 is 0 Å². The first-order chi connectivity index (χ1) is 5.41. The second-order valence-corrected chi connectivity index (χ2v) is 2.49. The van der Waals surface area contributed by atoms with Crippen LogP contribution < -0.4 is 0 Å². The lowest BCUT2D eigenvalue weighted by atomic mass is 10.4. The minimum atomic E-state index is 0.772. The van der Waals surface area contributed by atoms with Gasteiger partial charge in [0.15, 0.2) is 0 Å². The lowest BCUT2D eigenvalue weighted by Gasteiger charge is -1.97. The van der Waals surface area contributed by atoms with E-state index in [1.165, 1.54) is 6.42 Å². The Morgan fingerprint density at radius 1 is 1.18 bits per heavy atom. The molecule has 0 saturated carbocycles. The van der Waals surface area contributed by atoms with E-state index in [1.807, 2.05) is 6.21 Å². The highest BCUT2D eigenvalue weighted by Crippen LogP contribution is 1.83. The molecule has 0 aliphatic carbocycles. The minimum absolute atomic E-state index is 0.772. The first kappa shape index (κ1) is 10.6. The van der Waals surface area contributed by atoms with Crippen molar-refractivity contribution in [3.8, 4) is 0 Å². The topological polar surface area (TPSA) is 21.6 Å². The van der Waals surface area contributed by atoms with E-state index in [9.17, 15) is 0 Å². The van der Waals surface area contributed by atoms with E-state index in [0.29, 0.717) is 0 Å². The summed E-state index contributed by atoms with van der Waals surface area (Å²) in [5, 5.41) is 0. The summed E-state index contributed by atoms with van der Waals surface area (Å²) in [5.74, 6) is 0. The normalized spacial score (nSPS) is 11.1.